The molecule has 0 aliphatic heterocycles. The summed E-state index contributed by atoms with van der Waals surface area (Å²) in [4.78, 5) is 23.7. The molecular formula is C16H10Cl3N3O2. The van der Waals surface area contributed by atoms with E-state index < -0.39 is 11.8 Å². The summed E-state index contributed by atoms with van der Waals surface area (Å²) in [5, 5.41) is 14.9. The highest BCUT2D eigenvalue weighted by Gasteiger charge is 2.14. The molecule has 0 radical (unpaired) electrons. The van der Waals surface area contributed by atoms with E-state index in [0.717, 1.165) is 0 Å². The molecule has 2 aromatic rings. The molecule has 0 saturated heterocycles. The quantitative estimate of drug-likeness (QED) is 0.793. The number of amides is 2. The Morgan fingerprint density at radius 2 is 1.75 bits per heavy atom. The second-order valence-corrected chi connectivity index (χ2v) is 5.93. The van der Waals surface area contributed by atoms with Gasteiger partial charge in [-0.3, -0.25) is 9.59 Å². The van der Waals surface area contributed by atoms with E-state index >= 15 is 0 Å². The molecule has 0 unspecified atom stereocenters. The Labute approximate surface area is 153 Å². The van der Waals surface area contributed by atoms with Crippen LogP contribution in [0.25, 0.3) is 0 Å². The Kier molecular flexibility index (Phi) is 6.04. The van der Waals surface area contributed by atoms with Gasteiger partial charge in [0.15, 0.2) is 0 Å². The van der Waals surface area contributed by atoms with Gasteiger partial charge in [0.1, 0.15) is 6.07 Å². The maximum atomic E-state index is 11.9. The second-order valence-electron chi connectivity index (χ2n) is 4.68. The first-order valence-corrected chi connectivity index (χ1v) is 7.77. The molecule has 0 aliphatic rings. The van der Waals surface area contributed by atoms with E-state index in [1.165, 1.54) is 18.2 Å². The van der Waals surface area contributed by atoms with Crippen molar-refractivity contribution in [3.8, 4) is 6.07 Å². The lowest BCUT2D eigenvalue weighted by molar-refractivity contribution is -0.136. The molecule has 8 heteroatoms. The zero-order valence-electron chi connectivity index (χ0n) is 12.1. The highest BCUT2D eigenvalue weighted by molar-refractivity contribution is 6.40. The van der Waals surface area contributed by atoms with Crippen LogP contribution in [0, 0.1) is 11.3 Å². The molecule has 2 rings (SSSR count). The van der Waals surface area contributed by atoms with Crippen LogP contribution in [-0.2, 0) is 16.1 Å². The Balaban J connectivity index is 1.97. The largest absolute Gasteiger partial charge is 0.344 e. The lowest BCUT2D eigenvalue weighted by atomic mass is 10.2. The van der Waals surface area contributed by atoms with E-state index in [1.807, 2.05) is 6.07 Å². The summed E-state index contributed by atoms with van der Waals surface area (Å²) in [6.45, 7) is 0.0757. The summed E-state index contributed by atoms with van der Waals surface area (Å²) in [6, 6.07) is 11.0. The first kappa shape index (κ1) is 18.1. The van der Waals surface area contributed by atoms with Gasteiger partial charge in [-0.05, 0) is 35.9 Å². The van der Waals surface area contributed by atoms with Crippen molar-refractivity contribution in [2.75, 3.05) is 5.32 Å². The number of benzene rings is 2. The van der Waals surface area contributed by atoms with Crippen LogP contribution in [0.5, 0.6) is 0 Å². The summed E-state index contributed by atoms with van der Waals surface area (Å²) in [5.74, 6) is -1.71. The van der Waals surface area contributed by atoms with E-state index in [9.17, 15) is 9.59 Å². The number of halogens is 3. The molecule has 0 heterocycles. The van der Waals surface area contributed by atoms with E-state index in [2.05, 4.69) is 10.6 Å². The number of nitriles is 1. The van der Waals surface area contributed by atoms with Crippen LogP contribution >= 0.6 is 34.8 Å². The van der Waals surface area contributed by atoms with Gasteiger partial charge < -0.3 is 10.6 Å². The van der Waals surface area contributed by atoms with Crippen molar-refractivity contribution in [2.24, 2.45) is 0 Å². The molecule has 0 saturated carbocycles. The van der Waals surface area contributed by atoms with Crippen LogP contribution < -0.4 is 10.6 Å². The molecule has 0 atom stereocenters. The average molecular weight is 383 g/mol. The molecule has 0 aromatic heterocycles. The third-order valence-electron chi connectivity index (χ3n) is 3.01. The van der Waals surface area contributed by atoms with Gasteiger partial charge >= 0.3 is 11.8 Å². The number of hydrogen-bond donors (Lipinski definition) is 2. The molecule has 2 aromatic carbocycles. The minimum atomic E-state index is -0.869. The van der Waals surface area contributed by atoms with Gasteiger partial charge in [-0.2, -0.15) is 5.26 Å². The molecule has 24 heavy (non-hydrogen) atoms. The molecular weight excluding hydrogens is 373 g/mol. The fourth-order valence-electron chi connectivity index (χ4n) is 1.80. The van der Waals surface area contributed by atoms with Crippen LogP contribution in [0.4, 0.5) is 5.69 Å². The lowest BCUT2D eigenvalue weighted by Crippen LogP contribution is -2.35. The summed E-state index contributed by atoms with van der Waals surface area (Å²) < 4.78 is 0. The van der Waals surface area contributed by atoms with Gasteiger partial charge in [-0.15, -0.1) is 0 Å². The zero-order valence-corrected chi connectivity index (χ0v) is 14.3. The fourth-order valence-corrected chi connectivity index (χ4v) is 2.43. The number of hydrogen-bond acceptors (Lipinski definition) is 3. The minimum Gasteiger partial charge on any atom is -0.344 e. The number of rotatable bonds is 3. The topological polar surface area (TPSA) is 82.0 Å². The predicted octanol–water partition coefficient (Wildman–Crippen LogP) is 3.77. The average Bonchev–Trinajstić information content (AvgIpc) is 2.55. The van der Waals surface area contributed by atoms with Crippen molar-refractivity contribution in [3.05, 3.63) is 62.6 Å². The van der Waals surface area contributed by atoms with Crippen LogP contribution in [0.1, 0.15) is 11.1 Å². The van der Waals surface area contributed by atoms with Gasteiger partial charge in [0, 0.05) is 22.3 Å². The van der Waals surface area contributed by atoms with Gasteiger partial charge in [0.2, 0.25) is 0 Å². The fraction of sp³-hybridized carbons (Fsp3) is 0.0625. The number of nitrogens with one attached hydrogen (secondary N) is 2. The van der Waals surface area contributed by atoms with Crippen molar-refractivity contribution in [1.82, 2.24) is 5.32 Å². The van der Waals surface area contributed by atoms with E-state index in [-0.39, 0.29) is 17.1 Å². The van der Waals surface area contributed by atoms with Crippen molar-refractivity contribution < 1.29 is 9.59 Å². The smallest absolute Gasteiger partial charge is 0.313 e. The van der Waals surface area contributed by atoms with Crippen LogP contribution in [0.2, 0.25) is 15.1 Å². The first-order valence-electron chi connectivity index (χ1n) is 6.63. The molecule has 0 bridgehead atoms. The summed E-state index contributed by atoms with van der Waals surface area (Å²) in [7, 11) is 0. The zero-order chi connectivity index (χ0) is 17.7. The molecule has 2 N–H and O–H groups in total. The van der Waals surface area contributed by atoms with Crippen LogP contribution in [0.3, 0.4) is 0 Å². The van der Waals surface area contributed by atoms with Gasteiger partial charge in [-0.25, -0.2) is 0 Å². The summed E-state index contributed by atoms with van der Waals surface area (Å²) >= 11 is 17.6. The van der Waals surface area contributed by atoms with E-state index in [4.69, 9.17) is 40.1 Å². The lowest BCUT2D eigenvalue weighted by Gasteiger charge is -2.08. The standard InChI is InChI=1S/C16H10Cl3N3O2/c17-11-2-1-9(14(19)6-11)8-21-15(23)16(24)22-12-3-4-13(18)10(5-12)7-20/h1-6H,8H2,(H,21,23)(H,22,24). The van der Waals surface area contributed by atoms with Crippen molar-refractivity contribution in [1.29, 1.82) is 5.26 Å². The normalized spacial score (nSPS) is 9.92. The number of anilines is 1. The van der Waals surface area contributed by atoms with Gasteiger partial charge in [-0.1, -0.05) is 40.9 Å². The third kappa shape index (κ3) is 4.62. The molecule has 0 spiro atoms. The van der Waals surface area contributed by atoms with Gasteiger partial charge in [0.05, 0.1) is 10.6 Å². The maximum Gasteiger partial charge on any atom is 0.313 e. The highest BCUT2D eigenvalue weighted by Crippen LogP contribution is 2.21. The number of carbonyl (C=O) groups is 2. The third-order valence-corrected chi connectivity index (χ3v) is 3.92. The van der Waals surface area contributed by atoms with Crippen LogP contribution in [-0.4, -0.2) is 11.8 Å². The molecule has 0 fully saturated rings. The Hall–Kier alpha value is -2.26. The van der Waals surface area contributed by atoms with Crippen molar-refractivity contribution >= 4 is 52.3 Å². The van der Waals surface area contributed by atoms with Crippen molar-refractivity contribution in [2.45, 2.75) is 6.54 Å². The number of carbonyl (C=O) groups excluding carboxylic acids is 2. The second kappa shape index (κ2) is 8.02. The monoisotopic (exact) mass is 381 g/mol. The highest BCUT2D eigenvalue weighted by atomic mass is 35.5. The summed E-state index contributed by atoms with van der Waals surface area (Å²) in [6.07, 6.45) is 0. The minimum absolute atomic E-state index is 0.0757. The maximum absolute atomic E-state index is 11.9. The van der Waals surface area contributed by atoms with Crippen LogP contribution in [0.15, 0.2) is 36.4 Å². The SMILES string of the molecule is N#Cc1cc(NC(=O)C(=O)NCc2ccc(Cl)cc2Cl)ccc1Cl. The molecule has 122 valence electrons. The van der Waals surface area contributed by atoms with Crippen molar-refractivity contribution in [3.63, 3.8) is 0 Å². The Morgan fingerprint density at radius 3 is 2.42 bits per heavy atom. The van der Waals surface area contributed by atoms with E-state index in [0.29, 0.717) is 21.3 Å². The first-order chi connectivity index (χ1) is 11.4. The molecule has 0 aliphatic carbocycles. The Bertz CT molecular complexity index is 847. The van der Waals surface area contributed by atoms with E-state index in [1.54, 1.807) is 18.2 Å². The molecule has 2 amide bonds. The Morgan fingerprint density at radius 1 is 1.00 bits per heavy atom. The summed E-state index contributed by atoms with van der Waals surface area (Å²) in [5.41, 5.74) is 1.11. The molecule has 5 nitrogen and oxygen atoms in total. The van der Waals surface area contributed by atoms with Gasteiger partial charge in [0.25, 0.3) is 0 Å². The number of nitrogens with zero attached hydrogens (tertiary/aromatic N) is 1. The predicted molar refractivity (Wildman–Crippen MR) is 93.1 cm³/mol.